The van der Waals surface area contributed by atoms with E-state index in [0.717, 1.165) is 22.9 Å². The first-order chi connectivity index (χ1) is 6.15. The maximum Gasteiger partial charge on any atom is 0.0995 e. The minimum Gasteiger partial charge on any atom is -0.321 e. The van der Waals surface area contributed by atoms with Crippen LogP contribution in [0.15, 0.2) is 22.7 Å². The van der Waals surface area contributed by atoms with Crippen LogP contribution in [-0.2, 0) is 5.54 Å². The SMILES string of the molecule is N#Cc1cc(Br)ccc1C1(N)CC1. The van der Waals surface area contributed by atoms with Crippen molar-refractivity contribution in [3.63, 3.8) is 0 Å². The van der Waals surface area contributed by atoms with Crippen LogP contribution in [0.3, 0.4) is 0 Å². The lowest BCUT2D eigenvalue weighted by atomic mass is 10.0. The third-order valence-electron chi connectivity index (χ3n) is 2.43. The smallest absolute Gasteiger partial charge is 0.0995 e. The summed E-state index contributed by atoms with van der Waals surface area (Å²) in [7, 11) is 0. The minimum absolute atomic E-state index is 0.217. The molecule has 66 valence electrons. The summed E-state index contributed by atoms with van der Waals surface area (Å²) in [5.74, 6) is 0. The molecule has 2 N–H and O–H groups in total. The van der Waals surface area contributed by atoms with Gasteiger partial charge in [-0.3, -0.25) is 0 Å². The Bertz CT molecular complexity index is 388. The molecule has 1 aromatic carbocycles. The summed E-state index contributed by atoms with van der Waals surface area (Å²) in [6, 6.07) is 7.87. The van der Waals surface area contributed by atoms with Crippen molar-refractivity contribution in [1.29, 1.82) is 5.26 Å². The van der Waals surface area contributed by atoms with Gasteiger partial charge >= 0.3 is 0 Å². The molecule has 0 amide bonds. The molecule has 2 nitrogen and oxygen atoms in total. The molecule has 0 atom stereocenters. The summed E-state index contributed by atoms with van der Waals surface area (Å²) in [6.45, 7) is 0. The van der Waals surface area contributed by atoms with E-state index >= 15 is 0 Å². The first-order valence-corrected chi connectivity index (χ1v) is 4.94. The van der Waals surface area contributed by atoms with Gasteiger partial charge in [-0.2, -0.15) is 5.26 Å². The number of rotatable bonds is 1. The van der Waals surface area contributed by atoms with Crippen LogP contribution in [0.4, 0.5) is 0 Å². The molecule has 0 saturated heterocycles. The molecule has 1 aliphatic carbocycles. The predicted molar refractivity (Wildman–Crippen MR) is 54.0 cm³/mol. The van der Waals surface area contributed by atoms with Crippen molar-refractivity contribution in [2.75, 3.05) is 0 Å². The zero-order valence-electron chi connectivity index (χ0n) is 7.05. The third-order valence-corrected chi connectivity index (χ3v) is 2.92. The molecule has 1 aromatic rings. The number of hydrogen-bond acceptors (Lipinski definition) is 2. The lowest BCUT2D eigenvalue weighted by Crippen LogP contribution is -2.19. The molecule has 0 aromatic heterocycles. The summed E-state index contributed by atoms with van der Waals surface area (Å²) in [5.41, 5.74) is 7.49. The molecular weight excluding hydrogens is 228 g/mol. The Morgan fingerprint density at radius 1 is 1.46 bits per heavy atom. The van der Waals surface area contributed by atoms with Gasteiger partial charge in [0.15, 0.2) is 0 Å². The molecule has 3 heteroatoms. The van der Waals surface area contributed by atoms with Crippen LogP contribution < -0.4 is 5.73 Å². The van der Waals surface area contributed by atoms with Gasteiger partial charge in [0, 0.05) is 10.0 Å². The maximum absolute atomic E-state index is 8.91. The minimum atomic E-state index is -0.217. The van der Waals surface area contributed by atoms with Crippen molar-refractivity contribution >= 4 is 15.9 Å². The van der Waals surface area contributed by atoms with Crippen molar-refractivity contribution in [1.82, 2.24) is 0 Å². The molecule has 0 bridgehead atoms. The van der Waals surface area contributed by atoms with Gasteiger partial charge in [-0.25, -0.2) is 0 Å². The molecule has 2 rings (SSSR count). The fraction of sp³-hybridized carbons (Fsp3) is 0.300. The third kappa shape index (κ3) is 1.48. The molecule has 13 heavy (non-hydrogen) atoms. The fourth-order valence-corrected chi connectivity index (χ4v) is 1.81. The predicted octanol–water partition coefficient (Wildman–Crippen LogP) is 2.27. The van der Waals surface area contributed by atoms with Gasteiger partial charge < -0.3 is 5.73 Å². The topological polar surface area (TPSA) is 49.8 Å². The highest BCUT2D eigenvalue weighted by molar-refractivity contribution is 9.10. The number of hydrogen-bond donors (Lipinski definition) is 1. The summed E-state index contributed by atoms with van der Waals surface area (Å²) in [5, 5.41) is 8.91. The molecular formula is C10H9BrN2. The highest BCUT2D eigenvalue weighted by atomic mass is 79.9. The molecule has 1 aliphatic rings. The van der Waals surface area contributed by atoms with Gasteiger partial charge in [-0.1, -0.05) is 22.0 Å². The van der Waals surface area contributed by atoms with E-state index in [2.05, 4.69) is 22.0 Å². The number of nitrogens with zero attached hydrogens (tertiary/aromatic N) is 1. The van der Waals surface area contributed by atoms with Crippen LogP contribution in [0.2, 0.25) is 0 Å². The largest absolute Gasteiger partial charge is 0.321 e. The van der Waals surface area contributed by atoms with Crippen molar-refractivity contribution in [3.8, 4) is 6.07 Å². The second-order valence-electron chi connectivity index (χ2n) is 3.46. The number of nitrogens with two attached hydrogens (primary N) is 1. The fourth-order valence-electron chi connectivity index (χ4n) is 1.45. The average molecular weight is 237 g/mol. The van der Waals surface area contributed by atoms with Gasteiger partial charge in [0.1, 0.15) is 0 Å². The van der Waals surface area contributed by atoms with Crippen LogP contribution in [0, 0.1) is 11.3 Å². The lowest BCUT2D eigenvalue weighted by Gasteiger charge is -2.10. The summed E-state index contributed by atoms with van der Waals surface area (Å²) in [6.07, 6.45) is 1.98. The molecule has 1 saturated carbocycles. The molecule has 0 heterocycles. The zero-order valence-corrected chi connectivity index (χ0v) is 8.63. The number of benzene rings is 1. The van der Waals surface area contributed by atoms with E-state index in [4.69, 9.17) is 11.0 Å². The monoisotopic (exact) mass is 236 g/mol. The zero-order chi connectivity index (χ0) is 9.47. The Hall–Kier alpha value is -0.850. The van der Waals surface area contributed by atoms with E-state index < -0.39 is 0 Å². The Morgan fingerprint density at radius 2 is 2.15 bits per heavy atom. The summed E-state index contributed by atoms with van der Waals surface area (Å²) >= 11 is 3.33. The van der Waals surface area contributed by atoms with Gasteiger partial charge in [0.25, 0.3) is 0 Å². The first kappa shape index (κ1) is 8.74. The van der Waals surface area contributed by atoms with Crippen LogP contribution >= 0.6 is 15.9 Å². The van der Waals surface area contributed by atoms with Crippen molar-refractivity contribution < 1.29 is 0 Å². The summed E-state index contributed by atoms with van der Waals surface area (Å²) in [4.78, 5) is 0. The highest BCUT2D eigenvalue weighted by Gasteiger charge is 2.41. The molecule has 0 spiro atoms. The van der Waals surface area contributed by atoms with Crippen LogP contribution in [0.25, 0.3) is 0 Å². The average Bonchev–Trinajstić information content (AvgIpc) is 2.84. The van der Waals surface area contributed by atoms with E-state index in [0.29, 0.717) is 5.56 Å². The van der Waals surface area contributed by atoms with E-state index in [-0.39, 0.29) is 5.54 Å². The molecule has 0 radical (unpaired) electrons. The Balaban J connectivity index is 2.52. The van der Waals surface area contributed by atoms with Crippen LogP contribution in [0.5, 0.6) is 0 Å². The lowest BCUT2D eigenvalue weighted by molar-refractivity contribution is 0.737. The first-order valence-electron chi connectivity index (χ1n) is 4.15. The van der Waals surface area contributed by atoms with E-state index in [9.17, 15) is 0 Å². The van der Waals surface area contributed by atoms with Gasteiger partial charge in [-0.15, -0.1) is 0 Å². The van der Waals surface area contributed by atoms with Gasteiger partial charge in [0.2, 0.25) is 0 Å². The number of halogens is 1. The number of nitriles is 1. The Kier molecular flexibility index (Phi) is 1.90. The Morgan fingerprint density at radius 3 is 2.69 bits per heavy atom. The quantitative estimate of drug-likeness (QED) is 0.814. The van der Waals surface area contributed by atoms with E-state index in [1.54, 1.807) is 0 Å². The summed E-state index contributed by atoms with van der Waals surface area (Å²) < 4.78 is 0.928. The molecule has 1 fully saturated rings. The molecule has 0 aliphatic heterocycles. The second-order valence-corrected chi connectivity index (χ2v) is 4.37. The van der Waals surface area contributed by atoms with Crippen molar-refractivity contribution in [2.45, 2.75) is 18.4 Å². The van der Waals surface area contributed by atoms with Crippen molar-refractivity contribution in [3.05, 3.63) is 33.8 Å². The van der Waals surface area contributed by atoms with E-state index in [1.165, 1.54) is 0 Å². The van der Waals surface area contributed by atoms with Crippen LogP contribution in [0.1, 0.15) is 24.0 Å². The molecule has 0 unspecified atom stereocenters. The highest BCUT2D eigenvalue weighted by Crippen LogP contribution is 2.44. The maximum atomic E-state index is 8.91. The van der Waals surface area contributed by atoms with Crippen LogP contribution in [-0.4, -0.2) is 0 Å². The Labute approximate surface area is 85.5 Å². The second kappa shape index (κ2) is 2.83. The van der Waals surface area contributed by atoms with Gasteiger partial charge in [-0.05, 0) is 30.5 Å². The normalized spacial score (nSPS) is 17.9. The standard InChI is InChI=1S/C10H9BrN2/c11-8-1-2-9(7(5-8)6-12)10(13)3-4-10/h1-2,5H,3-4,13H2. The van der Waals surface area contributed by atoms with Gasteiger partial charge in [0.05, 0.1) is 11.6 Å². The van der Waals surface area contributed by atoms with Crippen molar-refractivity contribution in [2.24, 2.45) is 5.73 Å². The van der Waals surface area contributed by atoms with E-state index in [1.807, 2.05) is 18.2 Å².